The quantitative estimate of drug-likeness (QED) is 0.248. The summed E-state index contributed by atoms with van der Waals surface area (Å²) < 4.78 is 6.11. The summed E-state index contributed by atoms with van der Waals surface area (Å²) >= 11 is 0. The second-order valence-electron chi connectivity index (χ2n) is 11.7. The number of aromatic nitrogens is 2. The zero-order chi connectivity index (χ0) is 26.0. The van der Waals surface area contributed by atoms with E-state index in [9.17, 15) is 10.1 Å². The fourth-order valence-electron chi connectivity index (χ4n) is 6.76. The predicted molar refractivity (Wildman–Crippen MR) is 151 cm³/mol. The van der Waals surface area contributed by atoms with Crippen molar-refractivity contribution >= 4 is 38.8 Å². The Morgan fingerprint density at radius 1 is 1.13 bits per heavy atom. The number of H-pyrrole nitrogens is 1. The Balaban J connectivity index is 1.40. The van der Waals surface area contributed by atoms with Gasteiger partial charge in [0.25, 0.3) is 0 Å². The minimum Gasteiger partial charge on any atom is -0.422 e. The van der Waals surface area contributed by atoms with Crippen LogP contribution < -0.4 is 10.5 Å². The smallest absolute Gasteiger partial charge is 0.343 e. The molecule has 0 fully saturated rings. The van der Waals surface area contributed by atoms with Crippen LogP contribution in [-0.4, -0.2) is 23.1 Å². The maximum Gasteiger partial charge on any atom is 0.343 e. The van der Waals surface area contributed by atoms with Gasteiger partial charge in [-0.3, -0.25) is 0 Å². The van der Waals surface area contributed by atoms with Crippen LogP contribution >= 0.6 is 0 Å². The molecule has 1 aliphatic carbocycles. The molecule has 4 aromatic rings. The van der Waals surface area contributed by atoms with Crippen molar-refractivity contribution in [3.8, 4) is 6.07 Å². The fourth-order valence-corrected chi connectivity index (χ4v) is 6.76. The SMILES string of the molecule is CC1(C)CC(c2cc3cc4c5c(c3oc2=O)CCCN5CCC4)=C/C(=C(\C#N)c2nc3ccccc3[nH]2)C1. The van der Waals surface area contributed by atoms with Crippen molar-refractivity contribution in [1.82, 2.24) is 9.97 Å². The average molecular weight is 503 g/mol. The number of para-hydroxylation sites is 2. The highest BCUT2D eigenvalue weighted by Gasteiger charge is 2.31. The summed E-state index contributed by atoms with van der Waals surface area (Å²) in [5.41, 5.74) is 8.86. The number of imidazole rings is 1. The van der Waals surface area contributed by atoms with E-state index >= 15 is 0 Å². The molecular weight excluding hydrogens is 472 g/mol. The van der Waals surface area contributed by atoms with Crippen molar-refractivity contribution in [3.63, 3.8) is 0 Å². The van der Waals surface area contributed by atoms with E-state index in [-0.39, 0.29) is 11.0 Å². The molecular formula is C32H30N4O2. The number of nitrogens with one attached hydrogen (secondary N) is 1. The molecule has 2 aromatic heterocycles. The predicted octanol–water partition coefficient (Wildman–Crippen LogP) is 6.55. The van der Waals surface area contributed by atoms with Crippen molar-refractivity contribution < 1.29 is 4.42 Å². The van der Waals surface area contributed by atoms with E-state index in [1.54, 1.807) is 0 Å². The molecule has 7 rings (SSSR count). The van der Waals surface area contributed by atoms with Crippen LogP contribution in [0.1, 0.15) is 62.0 Å². The topological polar surface area (TPSA) is 85.9 Å². The lowest BCUT2D eigenvalue weighted by Crippen LogP contribution is -2.34. The van der Waals surface area contributed by atoms with E-state index in [4.69, 9.17) is 4.42 Å². The lowest BCUT2D eigenvalue weighted by molar-refractivity contribution is 0.369. The number of hydrogen-bond acceptors (Lipinski definition) is 5. The molecule has 6 heteroatoms. The molecule has 0 amide bonds. The minimum absolute atomic E-state index is 0.128. The van der Waals surface area contributed by atoms with Crippen molar-refractivity contribution in [1.29, 1.82) is 5.26 Å². The highest BCUT2D eigenvalue weighted by Crippen LogP contribution is 2.45. The number of fused-ring (bicyclic) bond motifs is 3. The van der Waals surface area contributed by atoms with Gasteiger partial charge in [-0.25, -0.2) is 9.78 Å². The maximum absolute atomic E-state index is 13.5. The molecule has 0 saturated carbocycles. The summed E-state index contributed by atoms with van der Waals surface area (Å²) in [4.78, 5) is 24.0. The maximum atomic E-state index is 13.5. The van der Waals surface area contributed by atoms with Gasteiger partial charge in [0.05, 0.1) is 22.2 Å². The van der Waals surface area contributed by atoms with E-state index in [0.29, 0.717) is 17.0 Å². The second kappa shape index (κ2) is 8.46. The summed E-state index contributed by atoms with van der Waals surface area (Å²) in [5, 5.41) is 11.2. The Bertz CT molecular complexity index is 1760. The van der Waals surface area contributed by atoms with Crippen LogP contribution in [0, 0.1) is 16.7 Å². The first-order valence-electron chi connectivity index (χ1n) is 13.6. The van der Waals surface area contributed by atoms with Gasteiger partial charge < -0.3 is 14.3 Å². The highest BCUT2D eigenvalue weighted by molar-refractivity contribution is 5.91. The van der Waals surface area contributed by atoms with Gasteiger partial charge in [-0.2, -0.15) is 5.26 Å². The molecule has 2 aromatic carbocycles. The zero-order valence-electron chi connectivity index (χ0n) is 21.9. The minimum atomic E-state index is -0.299. The molecule has 0 saturated heterocycles. The Hall–Kier alpha value is -4.11. The van der Waals surface area contributed by atoms with Crippen LogP contribution in [0.5, 0.6) is 0 Å². The zero-order valence-corrected chi connectivity index (χ0v) is 21.9. The summed E-state index contributed by atoms with van der Waals surface area (Å²) in [7, 11) is 0. The molecule has 0 atom stereocenters. The number of hydrogen-bond donors (Lipinski definition) is 1. The number of allylic oxidation sites excluding steroid dienone is 4. The van der Waals surface area contributed by atoms with E-state index < -0.39 is 0 Å². The summed E-state index contributed by atoms with van der Waals surface area (Å²) in [5.74, 6) is 0.567. The van der Waals surface area contributed by atoms with Gasteiger partial charge in [0, 0.05) is 29.7 Å². The van der Waals surface area contributed by atoms with Gasteiger partial charge in [-0.05, 0) is 84.9 Å². The van der Waals surface area contributed by atoms with Gasteiger partial charge in [0.15, 0.2) is 0 Å². The lowest BCUT2D eigenvalue weighted by atomic mass is 9.73. The van der Waals surface area contributed by atoms with Crippen LogP contribution in [0.2, 0.25) is 0 Å². The van der Waals surface area contributed by atoms with Crippen molar-refractivity contribution in [2.75, 3.05) is 18.0 Å². The Kier molecular flexibility index (Phi) is 5.13. The Morgan fingerprint density at radius 3 is 2.76 bits per heavy atom. The van der Waals surface area contributed by atoms with E-state index in [2.05, 4.69) is 40.9 Å². The first kappa shape index (κ1) is 23.0. The molecule has 0 bridgehead atoms. The molecule has 2 aliphatic heterocycles. The van der Waals surface area contributed by atoms with Crippen LogP contribution in [-0.2, 0) is 12.8 Å². The summed E-state index contributed by atoms with van der Waals surface area (Å²) in [6.45, 7) is 6.53. The van der Waals surface area contributed by atoms with Crippen molar-refractivity contribution in [3.05, 3.63) is 81.0 Å². The summed E-state index contributed by atoms with van der Waals surface area (Å²) in [6.07, 6.45) is 7.75. The number of aromatic amines is 1. The van der Waals surface area contributed by atoms with Gasteiger partial charge in [0.1, 0.15) is 17.5 Å². The third-order valence-corrected chi connectivity index (χ3v) is 8.31. The van der Waals surface area contributed by atoms with E-state index in [1.165, 1.54) is 16.8 Å². The molecule has 1 N–H and O–H groups in total. The molecule has 3 aliphatic rings. The normalized spacial score (nSPS) is 19.7. The number of nitrogens with zero attached hydrogens (tertiary/aromatic N) is 3. The third-order valence-electron chi connectivity index (χ3n) is 8.31. The van der Waals surface area contributed by atoms with E-state index in [0.717, 1.165) is 84.8 Å². The number of anilines is 1. The van der Waals surface area contributed by atoms with Gasteiger partial charge in [-0.15, -0.1) is 0 Å². The first-order chi connectivity index (χ1) is 18.4. The fraction of sp³-hybridized carbons (Fsp3) is 0.344. The van der Waals surface area contributed by atoms with Crippen LogP contribution in [0.15, 0.2) is 57.3 Å². The number of aryl methyl sites for hydroxylation is 2. The van der Waals surface area contributed by atoms with Crippen LogP contribution in [0.3, 0.4) is 0 Å². The Labute approximate surface area is 221 Å². The summed E-state index contributed by atoms with van der Waals surface area (Å²) in [6, 6.07) is 14.5. The molecule has 0 spiro atoms. The molecule has 190 valence electrons. The number of benzene rings is 2. The van der Waals surface area contributed by atoms with Crippen LogP contribution in [0.25, 0.3) is 33.1 Å². The monoisotopic (exact) mass is 502 g/mol. The molecule has 38 heavy (non-hydrogen) atoms. The standard InChI is InChI=1S/C32H30N4O2/c1-32(2)16-21(14-22(17-32)25(18-33)30-34-26-9-3-4-10-27(26)35-30)24-15-20-13-19-7-5-11-36-12-6-8-23(28(19)36)29(20)38-31(24)37/h3-4,9-10,13-15H,5-8,11-12,16-17H2,1-2H3,(H,34,35)/b25-22-. The van der Waals surface area contributed by atoms with Gasteiger partial charge in [0.2, 0.25) is 0 Å². The number of nitriles is 1. The average Bonchev–Trinajstić information content (AvgIpc) is 3.32. The third kappa shape index (κ3) is 3.68. The van der Waals surface area contributed by atoms with E-state index in [1.807, 2.05) is 36.4 Å². The second-order valence-corrected chi connectivity index (χ2v) is 11.7. The van der Waals surface area contributed by atoms with Crippen molar-refractivity contribution in [2.45, 2.75) is 52.4 Å². The first-order valence-corrected chi connectivity index (χ1v) is 13.6. The van der Waals surface area contributed by atoms with Gasteiger partial charge in [-0.1, -0.05) is 32.1 Å². The largest absolute Gasteiger partial charge is 0.422 e. The van der Waals surface area contributed by atoms with Crippen LogP contribution in [0.4, 0.5) is 5.69 Å². The van der Waals surface area contributed by atoms with Crippen molar-refractivity contribution in [2.24, 2.45) is 5.41 Å². The number of rotatable bonds is 2. The molecule has 6 nitrogen and oxygen atoms in total. The van der Waals surface area contributed by atoms with Gasteiger partial charge >= 0.3 is 5.63 Å². The molecule has 0 radical (unpaired) electrons. The Morgan fingerprint density at radius 2 is 1.95 bits per heavy atom. The highest BCUT2D eigenvalue weighted by atomic mass is 16.4. The molecule has 4 heterocycles. The lowest BCUT2D eigenvalue weighted by Gasteiger charge is -2.37. The molecule has 0 unspecified atom stereocenters.